The normalized spacial score (nSPS) is 13.6. The molecule has 11 heteroatoms. The highest BCUT2D eigenvalue weighted by Crippen LogP contribution is 2.47. The highest BCUT2D eigenvalue weighted by molar-refractivity contribution is 5.83. The molecular weight excluding hydrogens is 473 g/mol. The molecule has 1 atom stereocenters. The van der Waals surface area contributed by atoms with Gasteiger partial charge in [-0.1, -0.05) is 90.4 Å². The molecule has 0 aliphatic carbocycles. The SMILES string of the molecule is CCCCCCCCCCCCCCCCC(OC(=O)C(F)(F)C(F)(F)C(F)(F)F)C(=O)OC. The quantitative estimate of drug-likeness (QED) is 0.101. The predicted molar refractivity (Wildman–Crippen MR) is 113 cm³/mol. The smallest absolute Gasteiger partial charge is 0.460 e. The Kier molecular flexibility index (Phi) is 15.4. The molecule has 0 amide bonds. The van der Waals surface area contributed by atoms with Crippen molar-refractivity contribution >= 4 is 11.9 Å². The maximum atomic E-state index is 13.4. The zero-order valence-corrected chi connectivity index (χ0v) is 20.0. The van der Waals surface area contributed by atoms with Gasteiger partial charge in [0.05, 0.1) is 7.11 Å². The molecule has 0 bridgehead atoms. The summed E-state index contributed by atoms with van der Waals surface area (Å²) < 4.78 is 97.8. The lowest BCUT2D eigenvalue weighted by Crippen LogP contribution is -2.57. The number of hydrogen-bond donors (Lipinski definition) is 0. The fourth-order valence-electron chi connectivity index (χ4n) is 3.39. The lowest BCUT2D eigenvalue weighted by molar-refractivity contribution is -0.349. The lowest BCUT2D eigenvalue weighted by atomic mass is 10.0. The van der Waals surface area contributed by atoms with Crippen LogP contribution in [0.3, 0.4) is 0 Å². The first-order valence-corrected chi connectivity index (χ1v) is 11.9. The van der Waals surface area contributed by atoms with Crippen LogP contribution in [0.15, 0.2) is 0 Å². The van der Waals surface area contributed by atoms with Gasteiger partial charge in [-0.05, 0) is 12.8 Å². The fourth-order valence-corrected chi connectivity index (χ4v) is 3.39. The third kappa shape index (κ3) is 11.3. The lowest BCUT2D eigenvalue weighted by Gasteiger charge is -2.27. The summed E-state index contributed by atoms with van der Waals surface area (Å²) >= 11 is 0. The summed E-state index contributed by atoms with van der Waals surface area (Å²) in [6, 6.07) is 0. The minimum Gasteiger partial charge on any atom is -0.466 e. The van der Waals surface area contributed by atoms with Crippen LogP contribution in [0.1, 0.15) is 103 Å². The molecule has 0 saturated carbocycles. The molecule has 0 aromatic heterocycles. The van der Waals surface area contributed by atoms with E-state index >= 15 is 0 Å². The zero-order valence-electron chi connectivity index (χ0n) is 20.0. The number of carbonyl (C=O) groups is 2. The maximum absolute atomic E-state index is 13.4. The first-order chi connectivity index (χ1) is 15.8. The van der Waals surface area contributed by atoms with Gasteiger partial charge < -0.3 is 9.47 Å². The molecule has 0 radical (unpaired) electrons. The number of rotatable bonds is 19. The average Bonchev–Trinajstić information content (AvgIpc) is 2.76. The molecule has 4 nitrogen and oxygen atoms in total. The fraction of sp³-hybridized carbons (Fsp3) is 0.913. The summed E-state index contributed by atoms with van der Waals surface area (Å²) in [6.07, 6.45) is 5.38. The molecule has 0 aliphatic rings. The molecular formula is C23H37F7O4. The molecule has 0 N–H and O–H groups in total. The second-order valence-electron chi connectivity index (χ2n) is 8.45. The summed E-state index contributed by atoms with van der Waals surface area (Å²) in [4.78, 5) is 23.0. The van der Waals surface area contributed by atoms with E-state index < -0.39 is 36.1 Å². The second-order valence-corrected chi connectivity index (χ2v) is 8.45. The number of hydrogen-bond acceptors (Lipinski definition) is 4. The second kappa shape index (κ2) is 16.2. The third-order valence-corrected chi connectivity index (χ3v) is 5.54. The van der Waals surface area contributed by atoms with E-state index in [1.54, 1.807) is 0 Å². The third-order valence-electron chi connectivity index (χ3n) is 5.54. The van der Waals surface area contributed by atoms with Crippen molar-refractivity contribution in [1.29, 1.82) is 0 Å². The van der Waals surface area contributed by atoms with E-state index in [0.29, 0.717) is 6.42 Å². The maximum Gasteiger partial charge on any atom is 0.460 e. The van der Waals surface area contributed by atoms with Crippen molar-refractivity contribution in [3.05, 3.63) is 0 Å². The largest absolute Gasteiger partial charge is 0.466 e. The Morgan fingerprint density at radius 1 is 0.676 bits per heavy atom. The van der Waals surface area contributed by atoms with Crippen LogP contribution in [0.2, 0.25) is 0 Å². The number of carbonyl (C=O) groups excluding carboxylic acids is 2. The van der Waals surface area contributed by atoms with Crippen LogP contribution < -0.4 is 0 Å². The zero-order chi connectivity index (χ0) is 26.3. The molecule has 0 aromatic rings. The van der Waals surface area contributed by atoms with Gasteiger partial charge in [0, 0.05) is 0 Å². The van der Waals surface area contributed by atoms with Gasteiger partial charge in [-0.3, -0.25) is 0 Å². The van der Waals surface area contributed by atoms with Gasteiger partial charge in [-0.2, -0.15) is 30.7 Å². The van der Waals surface area contributed by atoms with E-state index in [2.05, 4.69) is 16.4 Å². The number of unbranched alkanes of at least 4 members (excludes halogenated alkanes) is 13. The van der Waals surface area contributed by atoms with E-state index in [1.807, 2.05) is 0 Å². The molecule has 0 aromatic carbocycles. The van der Waals surface area contributed by atoms with Crippen LogP contribution in [0.4, 0.5) is 30.7 Å². The number of halogens is 7. The van der Waals surface area contributed by atoms with Crippen molar-refractivity contribution in [1.82, 2.24) is 0 Å². The van der Waals surface area contributed by atoms with Crippen LogP contribution in [0, 0.1) is 0 Å². The van der Waals surface area contributed by atoms with Crippen molar-refractivity contribution in [3.8, 4) is 0 Å². The Morgan fingerprint density at radius 2 is 1.06 bits per heavy atom. The van der Waals surface area contributed by atoms with Crippen molar-refractivity contribution in [2.75, 3.05) is 7.11 Å². The molecule has 0 fully saturated rings. The van der Waals surface area contributed by atoms with Crippen molar-refractivity contribution in [3.63, 3.8) is 0 Å². The molecule has 0 rings (SSSR count). The minimum atomic E-state index is -6.68. The Bertz CT molecular complexity index is 580. The van der Waals surface area contributed by atoms with Gasteiger partial charge in [0.25, 0.3) is 0 Å². The number of methoxy groups -OCH3 is 1. The van der Waals surface area contributed by atoms with Crippen LogP contribution in [0.5, 0.6) is 0 Å². The summed E-state index contributed by atoms with van der Waals surface area (Å²) in [5.41, 5.74) is 0. The van der Waals surface area contributed by atoms with Gasteiger partial charge in [0.1, 0.15) is 0 Å². The molecule has 202 valence electrons. The molecule has 0 spiro atoms. The monoisotopic (exact) mass is 510 g/mol. The molecule has 34 heavy (non-hydrogen) atoms. The summed E-state index contributed by atoms with van der Waals surface area (Å²) in [5.74, 6) is -17.3. The minimum absolute atomic E-state index is 0.214. The van der Waals surface area contributed by atoms with Crippen molar-refractivity contribution in [2.24, 2.45) is 0 Å². The molecule has 0 heterocycles. The van der Waals surface area contributed by atoms with E-state index in [9.17, 15) is 40.3 Å². The summed E-state index contributed by atoms with van der Waals surface area (Å²) in [7, 11) is 0.844. The van der Waals surface area contributed by atoms with Crippen LogP contribution in [-0.2, 0) is 19.1 Å². The predicted octanol–water partition coefficient (Wildman–Crippen LogP) is 7.78. The first kappa shape index (κ1) is 32.5. The first-order valence-electron chi connectivity index (χ1n) is 11.9. The van der Waals surface area contributed by atoms with Gasteiger partial charge in [-0.25, -0.2) is 9.59 Å². The Morgan fingerprint density at radius 3 is 1.41 bits per heavy atom. The van der Waals surface area contributed by atoms with Crippen LogP contribution >= 0.6 is 0 Å². The number of esters is 2. The number of alkyl halides is 7. The van der Waals surface area contributed by atoms with Crippen LogP contribution in [-0.4, -0.2) is 43.2 Å². The molecule has 0 saturated heterocycles. The average molecular weight is 511 g/mol. The van der Waals surface area contributed by atoms with Gasteiger partial charge in [0.2, 0.25) is 0 Å². The highest BCUT2D eigenvalue weighted by atomic mass is 19.4. The number of ether oxygens (including phenoxy) is 2. The highest BCUT2D eigenvalue weighted by Gasteiger charge is 2.77. The Balaban J connectivity index is 4.26. The molecule has 1 unspecified atom stereocenters. The van der Waals surface area contributed by atoms with E-state index in [4.69, 9.17) is 0 Å². The van der Waals surface area contributed by atoms with Gasteiger partial charge in [-0.15, -0.1) is 0 Å². The summed E-state index contributed by atoms with van der Waals surface area (Å²) in [5, 5.41) is 0. The van der Waals surface area contributed by atoms with Gasteiger partial charge >= 0.3 is 30.0 Å². The molecule has 0 aliphatic heterocycles. The Labute approximate surface area is 196 Å². The van der Waals surface area contributed by atoms with Crippen LogP contribution in [0.25, 0.3) is 0 Å². The van der Waals surface area contributed by atoms with E-state index in [-0.39, 0.29) is 12.8 Å². The topological polar surface area (TPSA) is 52.6 Å². The Hall–Kier alpha value is -1.55. The summed E-state index contributed by atoms with van der Waals surface area (Å²) in [6.45, 7) is 2.18. The van der Waals surface area contributed by atoms with E-state index in [1.165, 1.54) is 44.9 Å². The standard InChI is InChI=1S/C23H37F7O4/c1-3-4-5-6-7-8-9-10-11-12-13-14-15-16-17-18(19(31)33-2)34-20(32)21(24,25)22(26,27)23(28,29)30/h18H,3-17H2,1-2H3. The van der Waals surface area contributed by atoms with Gasteiger partial charge in [0.15, 0.2) is 6.10 Å². The van der Waals surface area contributed by atoms with Crippen molar-refractivity contribution < 1.29 is 49.8 Å². The van der Waals surface area contributed by atoms with Crippen molar-refractivity contribution in [2.45, 2.75) is 127 Å². The van der Waals surface area contributed by atoms with E-state index in [0.717, 1.165) is 39.2 Å².